The summed E-state index contributed by atoms with van der Waals surface area (Å²) in [4.78, 5) is 5.55. The van der Waals surface area contributed by atoms with Crippen molar-refractivity contribution >= 4 is 16.5 Å². The highest BCUT2D eigenvalue weighted by molar-refractivity contribution is 5.84. The average Bonchev–Trinajstić information content (AvgIpc) is 3.07. The van der Waals surface area contributed by atoms with Gasteiger partial charge >= 0.3 is 0 Å². The van der Waals surface area contributed by atoms with Crippen molar-refractivity contribution in [3.63, 3.8) is 0 Å². The molecule has 0 atom stereocenters. The molecule has 0 spiro atoms. The summed E-state index contributed by atoms with van der Waals surface area (Å²) in [6.07, 6.45) is 6.99. The van der Waals surface area contributed by atoms with E-state index < -0.39 is 0 Å². The SMILES string of the molecule is Oc1cc2c(CCCCN3CC=C(c4ccccc4)CC3)cccc2[nH]1. The van der Waals surface area contributed by atoms with Gasteiger partial charge in [0, 0.05) is 30.1 Å². The minimum Gasteiger partial charge on any atom is -0.495 e. The molecular formula is C23H26N2O. The Balaban J connectivity index is 1.26. The number of unbranched alkanes of at least 4 members (excludes halogenated alkanes) is 1. The van der Waals surface area contributed by atoms with Crippen molar-refractivity contribution < 1.29 is 5.11 Å². The van der Waals surface area contributed by atoms with Crippen molar-refractivity contribution in [2.45, 2.75) is 25.7 Å². The summed E-state index contributed by atoms with van der Waals surface area (Å²) in [6.45, 7) is 3.38. The Hall–Kier alpha value is -2.52. The van der Waals surface area contributed by atoms with Gasteiger partial charge in [-0.3, -0.25) is 4.90 Å². The van der Waals surface area contributed by atoms with Gasteiger partial charge in [-0.05, 0) is 55.0 Å². The molecule has 1 aromatic heterocycles. The summed E-state index contributed by atoms with van der Waals surface area (Å²) < 4.78 is 0. The first-order chi connectivity index (χ1) is 12.8. The van der Waals surface area contributed by atoms with Crippen LogP contribution in [0.3, 0.4) is 0 Å². The first-order valence-corrected chi connectivity index (χ1v) is 9.56. The number of aromatic amines is 1. The summed E-state index contributed by atoms with van der Waals surface area (Å²) in [5.74, 6) is 0.252. The minimum absolute atomic E-state index is 0.252. The molecule has 0 saturated heterocycles. The van der Waals surface area contributed by atoms with E-state index in [4.69, 9.17) is 0 Å². The zero-order valence-corrected chi connectivity index (χ0v) is 15.1. The van der Waals surface area contributed by atoms with Crippen LogP contribution in [0, 0.1) is 0 Å². The first-order valence-electron chi connectivity index (χ1n) is 9.56. The predicted octanol–water partition coefficient (Wildman–Crippen LogP) is 4.99. The summed E-state index contributed by atoms with van der Waals surface area (Å²) >= 11 is 0. The van der Waals surface area contributed by atoms with E-state index in [0.29, 0.717) is 0 Å². The van der Waals surface area contributed by atoms with Gasteiger partial charge in [-0.25, -0.2) is 0 Å². The van der Waals surface area contributed by atoms with Gasteiger partial charge in [-0.1, -0.05) is 48.5 Å². The van der Waals surface area contributed by atoms with Crippen LogP contribution < -0.4 is 0 Å². The minimum atomic E-state index is 0.252. The fraction of sp³-hybridized carbons (Fsp3) is 0.304. The molecule has 3 aromatic rings. The quantitative estimate of drug-likeness (QED) is 0.618. The largest absolute Gasteiger partial charge is 0.495 e. The van der Waals surface area contributed by atoms with Crippen LogP contribution in [0.15, 0.2) is 60.7 Å². The van der Waals surface area contributed by atoms with Gasteiger partial charge in [0.2, 0.25) is 0 Å². The second kappa shape index (κ2) is 7.79. The average molecular weight is 346 g/mol. The molecule has 2 N–H and O–H groups in total. The van der Waals surface area contributed by atoms with Crippen LogP contribution in [0.2, 0.25) is 0 Å². The van der Waals surface area contributed by atoms with Gasteiger partial charge in [0.15, 0.2) is 5.88 Å². The molecule has 0 aliphatic carbocycles. The number of rotatable bonds is 6. The number of hydrogen-bond donors (Lipinski definition) is 2. The number of nitrogens with one attached hydrogen (secondary N) is 1. The number of aryl methyl sites for hydroxylation is 1. The molecule has 0 amide bonds. The van der Waals surface area contributed by atoms with E-state index >= 15 is 0 Å². The molecule has 0 bridgehead atoms. The molecule has 0 radical (unpaired) electrons. The van der Waals surface area contributed by atoms with Crippen LogP contribution in [0.4, 0.5) is 0 Å². The highest BCUT2D eigenvalue weighted by Crippen LogP contribution is 2.25. The Morgan fingerprint density at radius 1 is 1.00 bits per heavy atom. The molecule has 2 heterocycles. The lowest BCUT2D eigenvalue weighted by Gasteiger charge is -2.26. The Labute approximate surface area is 155 Å². The molecule has 1 aliphatic heterocycles. The zero-order chi connectivity index (χ0) is 17.8. The number of nitrogens with zero attached hydrogens (tertiary/aromatic N) is 1. The molecule has 3 heteroatoms. The summed E-state index contributed by atoms with van der Waals surface area (Å²) in [6, 6.07) is 18.8. The number of aromatic nitrogens is 1. The van der Waals surface area contributed by atoms with E-state index in [1.165, 1.54) is 29.5 Å². The smallest absolute Gasteiger partial charge is 0.189 e. The first kappa shape index (κ1) is 16.9. The third-order valence-corrected chi connectivity index (χ3v) is 5.35. The summed E-state index contributed by atoms with van der Waals surface area (Å²) in [5, 5.41) is 10.8. The van der Waals surface area contributed by atoms with Crippen LogP contribution >= 0.6 is 0 Å². The molecule has 0 fully saturated rings. The fourth-order valence-corrected chi connectivity index (χ4v) is 3.90. The van der Waals surface area contributed by atoms with Gasteiger partial charge in [0.1, 0.15) is 0 Å². The van der Waals surface area contributed by atoms with E-state index in [1.54, 1.807) is 0 Å². The van der Waals surface area contributed by atoms with Crippen molar-refractivity contribution in [2.24, 2.45) is 0 Å². The third-order valence-electron chi connectivity index (χ3n) is 5.35. The maximum Gasteiger partial charge on any atom is 0.189 e. The molecule has 0 unspecified atom stereocenters. The highest BCUT2D eigenvalue weighted by atomic mass is 16.3. The summed E-state index contributed by atoms with van der Waals surface area (Å²) in [5.41, 5.74) is 5.20. The predicted molar refractivity (Wildman–Crippen MR) is 108 cm³/mol. The standard InChI is InChI=1S/C23H26N2O/c26-23-17-21-20(10-6-11-22(21)24-23)9-4-5-14-25-15-12-19(13-16-25)18-7-2-1-3-8-18/h1-3,6-8,10-12,17,24,26H,4-5,9,13-16H2. The van der Waals surface area contributed by atoms with Gasteiger partial charge in [0.25, 0.3) is 0 Å². The van der Waals surface area contributed by atoms with E-state index in [9.17, 15) is 5.11 Å². The van der Waals surface area contributed by atoms with Crippen LogP contribution in [-0.4, -0.2) is 34.6 Å². The Morgan fingerprint density at radius 2 is 1.88 bits per heavy atom. The second-order valence-corrected chi connectivity index (χ2v) is 7.14. The van der Waals surface area contributed by atoms with Crippen molar-refractivity contribution in [3.8, 4) is 5.88 Å². The van der Waals surface area contributed by atoms with Crippen molar-refractivity contribution in [2.75, 3.05) is 19.6 Å². The molecular weight excluding hydrogens is 320 g/mol. The van der Waals surface area contributed by atoms with E-state index in [2.05, 4.69) is 58.4 Å². The van der Waals surface area contributed by atoms with Gasteiger partial charge in [-0.15, -0.1) is 0 Å². The van der Waals surface area contributed by atoms with Crippen LogP contribution in [0.25, 0.3) is 16.5 Å². The number of benzene rings is 2. The Bertz CT molecular complexity index is 895. The lowest BCUT2D eigenvalue weighted by Crippen LogP contribution is -2.29. The second-order valence-electron chi connectivity index (χ2n) is 7.14. The zero-order valence-electron chi connectivity index (χ0n) is 15.1. The monoisotopic (exact) mass is 346 g/mol. The molecule has 3 nitrogen and oxygen atoms in total. The number of aromatic hydroxyl groups is 1. The number of hydrogen-bond acceptors (Lipinski definition) is 2. The van der Waals surface area contributed by atoms with Gasteiger partial charge in [0.05, 0.1) is 0 Å². The lowest BCUT2D eigenvalue weighted by molar-refractivity contribution is 0.295. The maximum atomic E-state index is 9.66. The highest BCUT2D eigenvalue weighted by Gasteiger charge is 2.12. The van der Waals surface area contributed by atoms with Crippen molar-refractivity contribution in [1.82, 2.24) is 9.88 Å². The Morgan fingerprint density at radius 3 is 2.69 bits per heavy atom. The fourth-order valence-electron chi connectivity index (χ4n) is 3.90. The van der Waals surface area contributed by atoms with Gasteiger partial charge < -0.3 is 10.1 Å². The normalized spacial score (nSPS) is 15.3. The number of fused-ring (bicyclic) bond motifs is 1. The molecule has 0 saturated carbocycles. The van der Waals surface area contributed by atoms with Crippen LogP contribution in [-0.2, 0) is 6.42 Å². The molecule has 1 aliphatic rings. The topological polar surface area (TPSA) is 39.3 Å². The van der Waals surface area contributed by atoms with E-state index in [-0.39, 0.29) is 5.88 Å². The van der Waals surface area contributed by atoms with Crippen LogP contribution in [0.1, 0.15) is 30.4 Å². The maximum absolute atomic E-state index is 9.66. The van der Waals surface area contributed by atoms with Gasteiger partial charge in [-0.2, -0.15) is 0 Å². The van der Waals surface area contributed by atoms with E-state index in [1.807, 2.05) is 12.1 Å². The van der Waals surface area contributed by atoms with E-state index in [0.717, 1.165) is 43.4 Å². The molecule has 4 rings (SSSR count). The lowest BCUT2D eigenvalue weighted by atomic mass is 9.99. The molecule has 134 valence electrons. The molecule has 26 heavy (non-hydrogen) atoms. The third kappa shape index (κ3) is 3.83. The number of H-pyrrole nitrogens is 1. The summed E-state index contributed by atoms with van der Waals surface area (Å²) in [7, 11) is 0. The Kier molecular flexibility index (Phi) is 5.07. The molecule has 2 aromatic carbocycles. The van der Waals surface area contributed by atoms with Crippen LogP contribution in [0.5, 0.6) is 5.88 Å². The van der Waals surface area contributed by atoms with Crippen molar-refractivity contribution in [3.05, 3.63) is 71.8 Å². The van der Waals surface area contributed by atoms with Crippen molar-refractivity contribution in [1.29, 1.82) is 0 Å².